The first-order valence-electron chi connectivity index (χ1n) is 8.15. The van der Waals surface area contributed by atoms with Gasteiger partial charge in [0.05, 0.1) is 9.79 Å². The molecule has 0 spiro atoms. The number of hydrogen-bond donors (Lipinski definition) is 0. The Balaban J connectivity index is 1.85. The predicted octanol–water partition coefficient (Wildman–Crippen LogP) is 3.34. The molecule has 0 unspecified atom stereocenters. The third-order valence-corrected chi connectivity index (χ3v) is 7.23. The van der Waals surface area contributed by atoms with Gasteiger partial charge in [-0.2, -0.15) is 0 Å². The average molecular weight is 389 g/mol. The van der Waals surface area contributed by atoms with E-state index in [1.165, 1.54) is 28.7 Å². The van der Waals surface area contributed by atoms with Gasteiger partial charge in [-0.25, -0.2) is 16.8 Å². The molecular formula is C19H19NO4S2. The van der Waals surface area contributed by atoms with Crippen molar-refractivity contribution >= 4 is 19.9 Å². The van der Waals surface area contributed by atoms with E-state index < -0.39 is 19.9 Å². The lowest BCUT2D eigenvalue weighted by atomic mass is 10.1. The van der Waals surface area contributed by atoms with Crippen LogP contribution in [-0.4, -0.2) is 27.7 Å². The fraction of sp³-hybridized carbons (Fsp3) is 0.158. The van der Waals surface area contributed by atoms with Crippen molar-refractivity contribution in [2.45, 2.75) is 22.6 Å². The maximum absolute atomic E-state index is 12.7. The predicted molar refractivity (Wildman–Crippen MR) is 100 cm³/mol. The summed E-state index contributed by atoms with van der Waals surface area (Å²) in [6.07, 6.45) is 4.26. The summed E-state index contributed by atoms with van der Waals surface area (Å²) >= 11 is 0. The molecule has 2 aromatic carbocycles. The molecule has 0 amide bonds. The molecule has 3 rings (SSSR count). The van der Waals surface area contributed by atoms with Crippen LogP contribution in [0.1, 0.15) is 12.8 Å². The van der Waals surface area contributed by atoms with Gasteiger partial charge in [0.1, 0.15) is 0 Å². The zero-order valence-corrected chi connectivity index (χ0v) is 15.7. The fourth-order valence-electron chi connectivity index (χ4n) is 2.66. The molecule has 0 radical (unpaired) electrons. The number of hydrogen-bond acceptors (Lipinski definition) is 4. The second-order valence-electron chi connectivity index (χ2n) is 5.90. The first-order valence-corrected chi connectivity index (χ1v) is 11.1. The summed E-state index contributed by atoms with van der Waals surface area (Å²) in [7, 11) is -7.18. The summed E-state index contributed by atoms with van der Waals surface area (Å²) in [6, 6.07) is 16.3. The largest absolute Gasteiger partial charge is 0.273 e. The molecule has 7 heteroatoms. The molecule has 2 aromatic rings. The van der Waals surface area contributed by atoms with Gasteiger partial charge in [0.25, 0.3) is 10.0 Å². The molecule has 5 nitrogen and oxygen atoms in total. The minimum absolute atomic E-state index is 0.210. The van der Waals surface area contributed by atoms with Gasteiger partial charge in [0, 0.05) is 18.2 Å². The van der Waals surface area contributed by atoms with Gasteiger partial charge in [0.15, 0.2) is 9.84 Å². The molecule has 0 aromatic heterocycles. The van der Waals surface area contributed by atoms with Crippen molar-refractivity contribution in [1.29, 1.82) is 0 Å². The minimum Gasteiger partial charge on any atom is -0.273 e. The zero-order chi connectivity index (χ0) is 18.6. The second-order valence-corrected chi connectivity index (χ2v) is 9.62. The SMILES string of the molecule is O=S(=O)(/C=C/C1=CN(S(=O)(=O)c2ccccc2)CCC1)c1ccccc1. The molecule has 0 atom stereocenters. The molecule has 1 aliphatic rings. The lowest BCUT2D eigenvalue weighted by Gasteiger charge is -2.25. The smallest absolute Gasteiger partial charge is 0.263 e. The maximum Gasteiger partial charge on any atom is 0.263 e. The van der Waals surface area contributed by atoms with Crippen LogP contribution in [0.2, 0.25) is 0 Å². The number of allylic oxidation sites excluding steroid dienone is 2. The summed E-state index contributed by atoms with van der Waals surface area (Å²) < 4.78 is 51.3. The normalized spacial score (nSPS) is 15.8. The third kappa shape index (κ3) is 4.05. The van der Waals surface area contributed by atoms with E-state index in [1.807, 2.05) is 0 Å². The molecule has 0 N–H and O–H groups in total. The molecule has 0 saturated carbocycles. The van der Waals surface area contributed by atoms with Crippen molar-refractivity contribution in [2.24, 2.45) is 0 Å². The van der Waals surface area contributed by atoms with Gasteiger partial charge in [-0.05, 0) is 48.8 Å². The molecule has 0 bridgehead atoms. The first kappa shape index (κ1) is 18.4. The van der Waals surface area contributed by atoms with Crippen LogP contribution in [0.4, 0.5) is 0 Å². The Labute approximate surface area is 154 Å². The highest BCUT2D eigenvalue weighted by molar-refractivity contribution is 7.94. The standard InChI is InChI=1S/C19H19NO4S2/c21-25(22,18-9-3-1-4-10-18)15-13-17-8-7-14-20(16-17)26(23,24)19-11-5-2-6-12-19/h1-6,9-13,15-16H,7-8,14H2/b15-13+. The highest BCUT2D eigenvalue weighted by atomic mass is 32.2. The van der Waals surface area contributed by atoms with E-state index in [0.717, 1.165) is 5.41 Å². The van der Waals surface area contributed by atoms with E-state index in [2.05, 4.69) is 0 Å². The third-order valence-electron chi connectivity index (χ3n) is 4.04. The van der Waals surface area contributed by atoms with Gasteiger partial charge in [0.2, 0.25) is 0 Å². The molecule has 26 heavy (non-hydrogen) atoms. The molecule has 1 heterocycles. The van der Waals surface area contributed by atoms with E-state index in [9.17, 15) is 16.8 Å². The van der Waals surface area contributed by atoms with Gasteiger partial charge < -0.3 is 0 Å². The van der Waals surface area contributed by atoms with E-state index in [1.54, 1.807) is 48.5 Å². The van der Waals surface area contributed by atoms with Crippen molar-refractivity contribution in [3.63, 3.8) is 0 Å². The van der Waals surface area contributed by atoms with Gasteiger partial charge in [-0.1, -0.05) is 36.4 Å². The van der Waals surface area contributed by atoms with Crippen LogP contribution >= 0.6 is 0 Å². The summed E-state index contributed by atoms with van der Waals surface area (Å²) in [5, 5.41) is 1.13. The highest BCUT2D eigenvalue weighted by Gasteiger charge is 2.24. The summed E-state index contributed by atoms with van der Waals surface area (Å²) in [4.78, 5) is 0.430. The maximum atomic E-state index is 12.7. The quantitative estimate of drug-likeness (QED) is 0.786. The first-order chi connectivity index (χ1) is 12.4. The Bertz CT molecular complexity index is 1030. The van der Waals surface area contributed by atoms with Crippen molar-refractivity contribution < 1.29 is 16.8 Å². The number of rotatable bonds is 5. The monoisotopic (exact) mass is 389 g/mol. The van der Waals surface area contributed by atoms with E-state index in [0.29, 0.717) is 25.0 Å². The average Bonchev–Trinajstić information content (AvgIpc) is 2.68. The Morgan fingerprint density at radius 1 is 0.808 bits per heavy atom. The second kappa shape index (κ2) is 7.47. The Kier molecular flexibility index (Phi) is 5.29. The van der Waals surface area contributed by atoms with Gasteiger partial charge >= 0.3 is 0 Å². The van der Waals surface area contributed by atoms with Crippen LogP contribution in [0.15, 0.2) is 93.7 Å². The van der Waals surface area contributed by atoms with Crippen LogP contribution in [0.5, 0.6) is 0 Å². The van der Waals surface area contributed by atoms with Crippen molar-refractivity contribution in [1.82, 2.24) is 4.31 Å². The molecule has 0 aliphatic carbocycles. The molecular weight excluding hydrogens is 370 g/mol. The minimum atomic E-state index is -3.63. The lowest BCUT2D eigenvalue weighted by Crippen LogP contribution is -2.29. The van der Waals surface area contributed by atoms with Crippen LogP contribution in [-0.2, 0) is 19.9 Å². The van der Waals surface area contributed by atoms with Crippen molar-refractivity contribution in [3.8, 4) is 0 Å². The summed E-state index contributed by atoms with van der Waals surface area (Å²) in [6.45, 7) is 0.375. The Hall–Kier alpha value is -2.38. The molecule has 0 fully saturated rings. The number of sulfone groups is 1. The topological polar surface area (TPSA) is 71.5 Å². The number of benzene rings is 2. The lowest BCUT2D eigenvalue weighted by molar-refractivity contribution is 0.471. The van der Waals surface area contributed by atoms with Gasteiger partial charge in [-0.3, -0.25) is 4.31 Å². The van der Waals surface area contributed by atoms with Crippen molar-refractivity contribution in [3.05, 3.63) is 83.9 Å². The Morgan fingerprint density at radius 3 is 2.00 bits per heavy atom. The van der Waals surface area contributed by atoms with E-state index in [4.69, 9.17) is 0 Å². The number of nitrogens with zero attached hydrogens (tertiary/aromatic N) is 1. The van der Waals surface area contributed by atoms with E-state index in [-0.39, 0.29) is 9.79 Å². The summed E-state index contributed by atoms with van der Waals surface area (Å²) in [5.74, 6) is 0. The molecule has 136 valence electrons. The zero-order valence-electron chi connectivity index (χ0n) is 14.0. The van der Waals surface area contributed by atoms with Gasteiger partial charge in [-0.15, -0.1) is 0 Å². The van der Waals surface area contributed by atoms with Crippen molar-refractivity contribution in [2.75, 3.05) is 6.54 Å². The molecule has 0 saturated heterocycles. The van der Waals surface area contributed by atoms with Crippen LogP contribution in [0.3, 0.4) is 0 Å². The van der Waals surface area contributed by atoms with Crippen LogP contribution in [0, 0.1) is 0 Å². The summed E-state index contributed by atoms with van der Waals surface area (Å²) in [5.41, 5.74) is 0.662. The van der Waals surface area contributed by atoms with Crippen LogP contribution < -0.4 is 0 Å². The van der Waals surface area contributed by atoms with E-state index >= 15 is 0 Å². The number of sulfonamides is 1. The molecule has 1 aliphatic heterocycles. The highest BCUT2D eigenvalue weighted by Crippen LogP contribution is 2.24. The van der Waals surface area contributed by atoms with Crippen LogP contribution in [0.25, 0.3) is 0 Å². The fourth-order valence-corrected chi connectivity index (χ4v) is 5.13. The Morgan fingerprint density at radius 2 is 1.38 bits per heavy atom.